The summed E-state index contributed by atoms with van der Waals surface area (Å²) in [5, 5.41) is 4.41. The largest absolute Gasteiger partial charge is 0.328 e. The quantitative estimate of drug-likeness (QED) is 0.367. The van der Waals surface area contributed by atoms with Crippen LogP contribution in [0.2, 0.25) is 0 Å². The van der Waals surface area contributed by atoms with Crippen LogP contribution in [0.5, 0.6) is 0 Å². The maximum Gasteiger partial charge on any atom is 0.135 e. The van der Waals surface area contributed by atoms with E-state index >= 15 is 0 Å². The molecule has 0 aromatic heterocycles. The summed E-state index contributed by atoms with van der Waals surface area (Å²) >= 11 is 0. The lowest BCUT2D eigenvalue weighted by atomic mass is 9.49. The molecule has 1 aliphatic heterocycles. The molecule has 0 amide bonds. The molecule has 24 heavy (non-hydrogen) atoms. The Kier molecular flexibility index (Phi) is 3.10. The van der Waals surface area contributed by atoms with Gasteiger partial charge in [-0.1, -0.05) is 30.8 Å². The van der Waals surface area contributed by atoms with Gasteiger partial charge < -0.3 is 10.7 Å². The molecular formula is C21H27N3. The van der Waals surface area contributed by atoms with Crippen LogP contribution in [-0.4, -0.2) is 17.3 Å². The number of rotatable bonds is 1. The number of hydrogen-bond acceptors (Lipinski definition) is 2. The molecule has 126 valence electrons. The van der Waals surface area contributed by atoms with E-state index in [1.165, 1.54) is 49.7 Å². The van der Waals surface area contributed by atoms with Gasteiger partial charge in [-0.2, -0.15) is 5.10 Å². The van der Waals surface area contributed by atoms with Gasteiger partial charge in [0.2, 0.25) is 0 Å². The minimum Gasteiger partial charge on any atom is -0.328 e. The average molecular weight is 321 g/mol. The highest BCUT2D eigenvalue weighted by molar-refractivity contribution is 5.96. The fraction of sp³-hybridized carbons (Fsp3) is 0.571. The van der Waals surface area contributed by atoms with Crippen LogP contribution in [0.3, 0.4) is 0 Å². The van der Waals surface area contributed by atoms with Gasteiger partial charge in [-0.05, 0) is 68.3 Å². The van der Waals surface area contributed by atoms with Crippen LogP contribution < -0.4 is 5.84 Å². The highest BCUT2D eigenvalue weighted by Crippen LogP contribution is 2.61. The number of benzene rings is 1. The van der Waals surface area contributed by atoms with Crippen molar-refractivity contribution in [1.82, 2.24) is 4.90 Å². The lowest BCUT2D eigenvalue weighted by Crippen LogP contribution is -2.55. The van der Waals surface area contributed by atoms with Crippen molar-refractivity contribution in [2.24, 2.45) is 34.1 Å². The minimum atomic E-state index is 0.221. The van der Waals surface area contributed by atoms with Crippen molar-refractivity contribution in [2.75, 3.05) is 6.54 Å². The second-order valence-corrected chi connectivity index (χ2v) is 8.66. The van der Waals surface area contributed by atoms with Crippen LogP contribution in [0, 0.1) is 23.2 Å². The maximum atomic E-state index is 6.01. The van der Waals surface area contributed by atoms with Crippen molar-refractivity contribution >= 4 is 11.5 Å². The predicted molar refractivity (Wildman–Crippen MR) is 98.1 cm³/mol. The zero-order valence-electron chi connectivity index (χ0n) is 14.4. The molecule has 4 saturated carbocycles. The van der Waals surface area contributed by atoms with E-state index in [-0.39, 0.29) is 5.41 Å². The molecule has 1 aromatic carbocycles. The first-order valence-corrected chi connectivity index (χ1v) is 9.51. The van der Waals surface area contributed by atoms with Gasteiger partial charge in [0.05, 0.1) is 0 Å². The second-order valence-electron chi connectivity index (χ2n) is 8.66. The van der Waals surface area contributed by atoms with Gasteiger partial charge in [-0.25, -0.2) is 0 Å². The van der Waals surface area contributed by atoms with E-state index in [1.54, 1.807) is 0 Å². The van der Waals surface area contributed by atoms with E-state index < -0.39 is 0 Å². The van der Waals surface area contributed by atoms with Crippen LogP contribution in [0.4, 0.5) is 0 Å². The lowest BCUT2D eigenvalue weighted by Gasteiger charge is -2.58. The van der Waals surface area contributed by atoms with Gasteiger partial charge in [0.15, 0.2) is 0 Å². The fourth-order valence-electron chi connectivity index (χ4n) is 6.64. The summed E-state index contributed by atoms with van der Waals surface area (Å²) in [4.78, 5) is 2.36. The van der Waals surface area contributed by atoms with Gasteiger partial charge in [0, 0.05) is 23.2 Å². The van der Waals surface area contributed by atoms with E-state index in [0.717, 1.165) is 42.3 Å². The third kappa shape index (κ3) is 2.00. The zero-order valence-corrected chi connectivity index (χ0v) is 14.4. The third-order valence-corrected chi connectivity index (χ3v) is 7.15. The summed E-state index contributed by atoms with van der Waals surface area (Å²) in [5.41, 5.74) is 3.99. The topological polar surface area (TPSA) is 41.6 Å². The Morgan fingerprint density at radius 3 is 2.33 bits per heavy atom. The first-order valence-electron chi connectivity index (χ1n) is 9.51. The first-order chi connectivity index (χ1) is 11.7. The molecule has 5 aliphatic rings. The summed E-state index contributed by atoms with van der Waals surface area (Å²) < 4.78 is 0. The molecule has 0 spiro atoms. The van der Waals surface area contributed by atoms with Crippen LogP contribution >= 0.6 is 0 Å². The van der Waals surface area contributed by atoms with Crippen molar-refractivity contribution in [3.05, 3.63) is 42.0 Å². The number of hydrogen-bond donors (Lipinski definition) is 1. The van der Waals surface area contributed by atoms with E-state index in [9.17, 15) is 0 Å². The molecule has 3 nitrogen and oxygen atoms in total. The van der Waals surface area contributed by atoms with Crippen LogP contribution in [0.15, 0.2) is 35.9 Å². The van der Waals surface area contributed by atoms with Gasteiger partial charge in [-0.3, -0.25) is 0 Å². The Labute approximate surface area is 144 Å². The highest BCUT2D eigenvalue weighted by atomic mass is 15.3. The van der Waals surface area contributed by atoms with Crippen molar-refractivity contribution in [1.29, 1.82) is 0 Å². The molecule has 0 unspecified atom stereocenters. The molecule has 2 N–H and O–H groups in total. The second kappa shape index (κ2) is 5.11. The molecule has 4 fully saturated rings. The van der Waals surface area contributed by atoms with Crippen molar-refractivity contribution in [3.8, 4) is 0 Å². The molecule has 1 heterocycles. The normalized spacial score (nSPS) is 37.7. The van der Waals surface area contributed by atoms with E-state index in [1.807, 2.05) is 0 Å². The number of nitrogens with two attached hydrogens (primary N) is 1. The van der Waals surface area contributed by atoms with E-state index in [2.05, 4.69) is 40.8 Å². The first kappa shape index (κ1) is 14.6. The SMILES string of the molecule is C=C1c2ccccc2CCN1/C(=N\N)C12CC3CC(CC(C3)C1)C2. The summed E-state index contributed by atoms with van der Waals surface area (Å²) in [6.45, 7) is 5.39. The summed E-state index contributed by atoms with van der Waals surface area (Å²) in [7, 11) is 0. The number of nitrogens with zero attached hydrogens (tertiary/aromatic N) is 2. The average Bonchev–Trinajstić information content (AvgIpc) is 2.56. The van der Waals surface area contributed by atoms with Crippen molar-refractivity contribution in [2.45, 2.75) is 44.9 Å². The van der Waals surface area contributed by atoms with Gasteiger partial charge in [0.25, 0.3) is 0 Å². The zero-order chi connectivity index (χ0) is 16.3. The Hall–Kier alpha value is -1.77. The van der Waals surface area contributed by atoms with Gasteiger partial charge in [0.1, 0.15) is 5.84 Å². The van der Waals surface area contributed by atoms with Crippen molar-refractivity contribution < 1.29 is 0 Å². The van der Waals surface area contributed by atoms with Crippen LogP contribution in [-0.2, 0) is 6.42 Å². The molecule has 3 heteroatoms. The summed E-state index contributed by atoms with van der Waals surface area (Å²) in [6, 6.07) is 8.65. The minimum absolute atomic E-state index is 0.221. The maximum absolute atomic E-state index is 6.01. The number of hydrazone groups is 1. The monoisotopic (exact) mass is 321 g/mol. The number of fused-ring (bicyclic) bond motifs is 1. The highest BCUT2D eigenvalue weighted by Gasteiger charge is 2.54. The standard InChI is InChI=1S/C21H27N3/c1-14-19-5-3-2-4-18(19)6-7-24(14)20(23-22)21-11-15-8-16(12-21)10-17(9-15)13-21/h2-5,15-17H,1,6-13,22H2/b23-20-. The van der Waals surface area contributed by atoms with Crippen LogP contribution in [0.25, 0.3) is 5.70 Å². The Balaban J connectivity index is 1.51. The summed E-state index contributed by atoms with van der Waals surface area (Å²) in [6.07, 6.45) is 9.27. The van der Waals surface area contributed by atoms with Crippen molar-refractivity contribution in [3.63, 3.8) is 0 Å². The molecule has 6 rings (SSSR count). The van der Waals surface area contributed by atoms with E-state index in [0.29, 0.717) is 0 Å². The lowest BCUT2D eigenvalue weighted by molar-refractivity contribution is -0.0170. The molecule has 4 bridgehead atoms. The molecule has 0 radical (unpaired) electrons. The Morgan fingerprint density at radius 2 is 1.71 bits per heavy atom. The molecule has 1 aromatic rings. The third-order valence-electron chi connectivity index (χ3n) is 7.15. The predicted octanol–water partition coefficient (Wildman–Crippen LogP) is 4.00. The fourth-order valence-corrected chi connectivity index (χ4v) is 6.64. The Bertz CT molecular complexity index is 682. The molecule has 0 saturated heterocycles. The summed E-state index contributed by atoms with van der Waals surface area (Å²) in [5.74, 6) is 9.86. The van der Waals surface area contributed by atoms with Crippen LogP contribution in [0.1, 0.15) is 49.7 Å². The molecule has 0 atom stereocenters. The molecular weight excluding hydrogens is 294 g/mol. The molecule has 4 aliphatic carbocycles. The Morgan fingerprint density at radius 1 is 1.08 bits per heavy atom. The van der Waals surface area contributed by atoms with E-state index in [4.69, 9.17) is 5.84 Å². The smallest absolute Gasteiger partial charge is 0.135 e. The van der Waals surface area contributed by atoms with Gasteiger partial charge >= 0.3 is 0 Å². The van der Waals surface area contributed by atoms with Gasteiger partial charge in [-0.15, -0.1) is 0 Å². The number of amidine groups is 1.